The highest BCUT2D eigenvalue weighted by Gasteiger charge is 2.17. The van der Waals surface area contributed by atoms with Gasteiger partial charge in [-0.3, -0.25) is 9.69 Å². The minimum atomic E-state index is -0.102. The number of nitrogens with one attached hydrogen (secondary N) is 1. The summed E-state index contributed by atoms with van der Waals surface area (Å²) in [5.41, 5.74) is 2.85. The van der Waals surface area contributed by atoms with E-state index in [2.05, 4.69) is 10.2 Å². The molecule has 0 saturated carbocycles. The van der Waals surface area contributed by atoms with Gasteiger partial charge >= 0.3 is 0 Å². The van der Waals surface area contributed by atoms with E-state index in [4.69, 9.17) is 14.2 Å². The number of morpholine rings is 1. The maximum Gasteiger partial charge on any atom is 0.251 e. The molecule has 2 aromatic carbocycles. The Morgan fingerprint density at radius 2 is 1.76 bits per heavy atom. The van der Waals surface area contributed by atoms with Crippen LogP contribution in [0.25, 0.3) is 0 Å². The van der Waals surface area contributed by atoms with Gasteiger partial charge in [0.25, 0.3) is 5.91 Å². The first-order valence-electron chi connectivity index (χ1n) is 10.1. The number of carbonyl (C=O) groups excluding carboxylic acids is 1. The van der Waals surface area contributed by atoms with Crippen molar-refractivity contribution in [3.8, 4) is 11.5 Å². The van der Waals surface area contributed by atoms with Gasteiger partial charge in [0, 0.05) is 25.2 Å². The lowest BCUT2D eigenvalue weighted by Gasteiger charge is -2.26. The Morgan fingerprint density at radius 3 is 2.38 bits per heavy atom. The fourth-order valence-corrected chi connectivity index (χ4v) is 3.51. The van der Waals surface area contributed by atoms with Crippen molar-refractivity contribution in [3.05, 3.63) is 59.2 Å². The van der Waals surface area contributed by atoms with E-state index in [-0.39, 0.29) is 11.9 Å². The Kier molecular flexibility index (Phi) is 7.49. The maximum absolute atomic E-state index is 12.8. The highest BCUT2D eigenvalue weighted by Crippen LogP contribution is 2.31. The van der Waals surface area contributed by atoms with Crippen LogP contribution in [0.4, 0.5) is 0 Å². The summed E-state index contributed by atoms with van der Waals surface area (Å²) in [6.45, 7) is 6.41. The molecule has 1 heterocycles. The fraction of sp³-hybridized carbons (Fsp3) is 0.435. The third kappa shape index (κ3) is 5.49. The van der Waals surface area contributed by atoms with Crippen LogP contribution in [0.1, 0.15) is 40.9 Å². The summed E-state index contributed by atoms with van der Waals surface area (Å²) in [5, 5.41) is 3.13. The lowest BCUT2D eigenvalue weighted by atomic mass is 10.0. The Hall–Kier alpha value is -2.57. The number of benzene rings is 2. The molecule has 2 aromatic rings. The third-order valence-electron chi connectivity index (χ3n) is 5.25. The molecule has 3 rings (SSSR count). The number of nitrogens with zero attached hydrogens (tertiary/aromatic N) is 1. The van der Waals surface area contributed by atoms with Gasteiger partial charge in [-0.1, -0.05) is 25.1 Å². The van der Waals surface area contributed by atoms with Crippen LogP contribution >= 0.6 is 0 Å². The lowest BCUT2D eigenvalue weighted by Crippen LogP contribution is -2.35. The summed E-state index contributed by atoms with van der Waals surface area (Å²) >= 11 is 0. The molecule has 1 atom stereocenters. The quantitative estimate of drug-likeness (QED) is 0.738. The molecule has 29 heavy (non-hydrogen) atoms. The second-order valence-electron chi connectivity index (χ2n) is 7.13. The number of amides is 1. The van der Waals surface area contributed by atoms with Crippen LogP contribution in [0, 0.1) is 0 Å². The van der Waals surface area contributed by atoms with Gasteiger partial charge in [0.1, 0.15) is 0 Å². The van der Waals surface area contributed by atoms with Crippen LogP contribution in [0.3, 0.4) is 0 Å². The number of methoxy groups -OCH3 is 2. The minimum Gasteiger partial charge on any atom is -0.493 e. The molecule has 1 saturated heterocycles. The van der Waals surface area contributed by atoms with Crippen molar-refractivity contribution >= 4 is 5.91 Å². The molecule has 0 radical (unpaired) electrons. The normalized spacial score (nSPS) is 15.6. The Morgan fingerprint density at radius 1 is 1.07 bits per heavy atom. The van der Waals surface area contributed by atoms with Crippen LogP contribution in [-0.4, -0.2) is 51.3 Å². The van der Waals surface area contributed by atoms with E-state index in [0.717, 1.165) is 44.8 Å². The van der Waals surface area contributed by atoms with Crippen molar-refractivity contribution in [2.75, 3.05) is 40.5 Å². The molecular weight excluding hydrogens is 368 g/mol. The molecule has 1 amide bonds. The summed E-state index contributed by atoms with van der Waals surface area (Å²) in [6.07, 6.45) is 0.774. The first-order chi connectivity index (χ1) is 14.1. The average molecular weight is 399 g/mol. The third-order valence-corrected chi connectivity index (χ3v) is 5.25. The number of rotatable bonds is 8. The highest BCUT2D eigenvalue weighted by molar-refractivity contribution is 5.94. The number of hydrogen-bond donors (Lipinski definition) is 1. The summed E-state index contributed by atoms with van der Waals surface area (Å²) < 4.78 is 16.1. The van der Waals surface area contributed by atoms with Gasteiger partial charge in [-0.25, -0.2) is 0 Å². The van der Waals surface area contributed by atoms with Crippen molar-refractivity contribution in [1.29, 1.82) is 0 Å². The summed E-state index contributed by atoms with van der Waals surface area (Å²) in [6, 6.07) is 13.5. The molecule has 1 fully saturated rings. The highest BCUT2D eigenvalue weighted by atomic mass is 16.5. The summed E-state index contributed by atoms with van der Waals surface area (Å²) in [5.74, 6) is 1.25. The largest absolute Gasteiger partial charge is 0.493 e. The van der Waals surface area contributed by atoms with E-state index in [0.29, 0.717) is 17.1 Å². The van der Waals surface area contributed by atoms with Crippen molar-refractivity contribution < 1.29 is 19.0 Å². The van der Waals surface area contributed by atoms with Gasteiger partial charge in [0.2, 0.25) is 0 Å². The maximum atomic E-state index is 12.8. The van der Waals surface area contributed by atoms with Crippen molar-refractivity contribution in [1.82, 2.24) is 10.2 Å². The second-order valence-corrected chi connectivity index (χ2v) is 7.13. The smallest absolute Gasteiger partial charge is 0.251 e. The average Bonchev–Trinajstić information content (AvgIpc) is 2.78. The zero-order chi connectivity index (χ0) is 20.6. The zero-order valence-corrected chi connectivity index (χ0v) is 17.4. The predicted octanol–water partition coefficient (Wildman–Crippen LogP) is 3.42. The molecule has 1 unspecified atom stereocenters. The van der Waals surface area contributed by atoms with Crippen molar-refractivity contribution in [2.24, 2.45) is 0 Å². The first-order valence-corrected chi connectivity index (χ1v) is 10.1. The van der Waals surface area contributed by atoms with E-state index in [1.165, 1.54) is 5.56 Å². The molecule has 0 aliphatic carbocycles. The Balaban J connectivity index is 1.64. The number of ether oxygens (including phenoxy) is 3. The van der Waals surface area contributed by atoms with Gasteiger partial charge in [-0.15, -0.1) is 0 Å². The monoisotopic (exact) mass is 398 g/mol. The lowest BCUT2D eigenvalue weighted by molar-refractivity contribution is 0.0342. The van der Waals surface area contributed by atoms with Crippen molar-refractivity contribution in [3.63, 3.8) is 0 Å². The first kappa shape index (κ1) is 21.1. The van der Waals surface area contributed by atoms with E-state index < -0.39 is 0 Å². The standard InChI is InChI=1S/C23H30N2O4/c1-4-20(19-9-10-21(27-2)22(15-19)28-3)24-23(26)18-7-5-17(6-8-18)16-25-11-13-29-14-12-25/h5-10,15,20H,4,11-14,16H2,1-3H3,(H,24,26). The van der Waals surface area contributed by atoms with Crippen LogP contribution in [0.15, 0.2) is 42.5 Å². The SMILES string of the molecule is CCC(NC(=O)c1ccc(CN2CCOCC2)cc1)c1ccc(OC)c(OC)c1. The van der Waals surface area contributed by atoms with Crippen LogP contribution in [0.5, 0.6) is 11.5 Å². The minimum absolute atomic E-state index is 0.0791. The Bertz CT molecular complexity index is 801. The van der Waals surface area contributed by atoms with E-state index in [1.54, 1.807) is 14.2 Å². The Labute approximate surface area is 172 Å². The molecule has 1 N–H and O–H groups in total. The molecule has 0 spiro atoms. The van der Waals surface area contributed by atoms with Crippen molar-refractivity contribution in [2.45, 2.75) is 25.9 Å². The van der Waals surface area contributed by atoms with Crippen LogP contribution < -0.4 is 14.8 Å². The molecule has 6 nitrogen and oxygen atoms in total. The molecule has 1 aliphatic heterocycles. The number of hydrogen-bond acceptors (Lipinski definition) is 5. The van der Waals surface area contributed by atoms with Gasteiger partial charge in [0.05, 0.1) is 33.5 Å². The van der Waals surface area contributed by atoms with E-state index in [1.807, 2.05) is 49.4 Å². The summed E-state index contributed by atoms with van der Waals surface area (Å²) in [7, 11) is 3.22. The molecular formula is C23H30N2O4. The van der Waals surface area contributed by atoms with Gasteiger partial charge in [0.15, 0.2) is 11.5 Å². The van der Waals surface area contributed by atoms with Crippen LogP contribution in [-0.2, 0) is 11.3 Å². The second kappa shape index (κ2) is 10.3. The number of carbonyl (C=O) groups is 1. The molecule has 6 heteroatoms. The van der Waals surface area contributed by atoms with Crippen LogP contribution in [0.2, 0.25) is 0 Å². The van der Waals surface area contributed by atoms with Gasteiger partial charge < -0.3 is 19.5 Å². The molecule has 1 aliphatic rings. The molecule has 0 bridgehead atoms. The molecule has 0 aromatic heterocycles. The summed E-state index contributed by atoms with van der Waals surface area (Å²) in [4.78, 5) is 15.1. The zero-order valence-electron chi connectivity index (χ0n) is 17.4. The van der Waals surface area contributed by atoms with Gasteiger partial charge in [-0.2, -0.15) is 0 Å². The predicted molar refractivity (Wildman–Crippen MR) is 113 cm³/mol. The van der Waals surface area contributed by atoms with E-state index >= 15 is 0 Å². The molecule has 156 valence electrons. The topological polar surface area (TPSA) is 60.0 Å². The van der Waals surface area contributed by atoms with E-state index in [9.17, 15) is 4.79 Å². The fourth-order valence-electron chi connectivity index (χ4n) is 3.51. The van der Waals surface area contributed by atoms with Gasteiger partial charge in [-0.05, 0) is 41.8 Å².